The highest BCUT2D eigenvalue weighted by atomic mass is 16.7. The number of hydrogen-bond acceptors (Lipinski definition) is 7. The van der Waals surface area contributed by atoms with E-state index in [0.717, 1.165) is 17.7 Å². The molecular weight excluding hydrogens is 446 g/mol. The highest BCUT2D eigenvalue weighted by Crippen LogP contribution is 2.48. The lowest BCUT2D eigenvalue weighted by atomic mass is 9.68. The fourth-order valence-corrected chi connectivity index (χ4v) is 5.02. The topological polar surface area (TPSA) is 83.1 Å². The maximum absolute atomic E-state index is 13.4. The normalized spacial score (nSPS) is 20.3. The summed E-state index contributed by atoms with van der Waals surface area (Å²) >= 11 is 0. The van der Waals surface area contributed by atoms with Crippen LogP contribution in [0.25, 0.3) is 0 Å². The molecule has 0 radical (unpaired) electrons. The van der Waals surface area contributed by atoms with E-state index in [1.165, 1.54) is 0 Å². The third-order valence-electron chi connectivity index (χ3n) is 6.52. The lowest BCUT2D eigenvalue weighted by Gasteiger charge is -2.39. The summed E-state index contributed by atoms with van der Waals surface area (Å²) in [4.78, 5) is 26.8. The second-order valence-electron chi connectivity index (χ2n) is 9.84. The van der Waals surface area contributed by atoms with E-state index in [1.54, 1.807) is 0 Å². The summed E-state index contributed by atoms with van der Waals surface area (Å²) in [5.74, 6) is 0.980. The van der Waals surface area contributed by atoms with Crippen molar-refractivity contribution in [1.82, 2.24) is 5.32 Å². The number of fused-ring (bicyclic) bond motifs is 1. The summed E-state index contributed by atoms with van der Waals surface area (Å²) in [7, 11) is 0. The van der Waals surface area contributed by atoms with E-state index in [9.17, 15) is 9.59 Å². The molecule has 2 aromatic carbocycles. The number of ketones is 1. The molecule has 35 heavy (non-hydrogen) atoms. The quantitative estimate of drug-likeness (QED) is 0.481. The lowest BCUT2D eigenvalue weighted by Crippen LogP contribution is -2.38. The van der Waals surface area contributed by atoms with Gasteiger partial charge in [0.05, 0.1) is 5.57 Å². The number of hydrogen-bond donors (Lipinski definition) is 1. The number of Topliss-reactive ketones (excluding diaryl/α,β-unsaturated/α-hetero) is 1. The van der Waals surface area contributed by atoms with Gasteiger partial charge in [0.15, 0.2) is 17.3 Å². The molecule has 2 aliphatic heterocycles. The highest BCUT2D eigenvalue weighted by molar-refractivity contribution is 6.04. The van der Waals surface area contributed by atoms with Crippen molar-refractivity contribution in [3.8, 4) is 17.2 Å². The Labute approximate surface area is 204 Å². The van der Waals surface area contributed by atoms with Crippen molar-refractivity contribution in [2.75, 3.05) is 20.0 Å². The van der Waals surface area contributed by atoms with Crippen LogP contribution >= 0.6 is 0 Å². The van der Waals surface area contributed by atoms with Gasteiger partial charge in [-0.05, 0) is 48.6 Å². The van der Waals surface area contributed by atoms with E-state index < -0.39 is 11.9 Å². The molecule has 2 heterocycles. The summed E-state index contributed by atoms with van der Waals surface area (Å²) in [6.07, 6.45) is 1.14. The molecule has 0 saturated heterocycles. The fourth-order valence-electron chi connectivity index (χ4n) is 5.02. The van der Waals surface area contributed by atoms with Crippen LogP contribution in [0.15, 0.2) is 71.1 Å². The highest BCUT2D eigenvalue weighted by Gasteiger charge is 2.43. The summed E-state index contributed by atoms with van der Waals surface area (Å²) in [6, 6.07) is 14.9. The molecule has 3 aliphatic rings. The number of esters is 1. The molecule has 7 nitrogen and oxygen atoms in total. The Hall–Kier alpha value is -3.74. The Morgan fingerprint density at radius 2 is 1.83 bits per heavy atom. The monoisotopic (exact) mass is 475 g/mol. The maximum atomic E-state index is 13.4. The minimum absolute atomic E-state index is 0.0385. The number of carbonyl (C=O) groups is 2. The first-order chi connectivity index (χ1) is 16.8. The van der Waals surface area contributed by atoms with E-state index in [1.807, 2.05) is 55.5 Å². The second kappa shape index (κ2) is 9.13. The Bertz CT molecular complexity index is 1230. The Morgan fingerprint density at radius 3 is 2.63 bits per heavy atom. The van der Waals surface area contributed by atoms with Crippen LogP contribution in [0.5, 0.6) is 17.2 Å². The van der Waals surface area contributed by atoms with Crippen molar-refractivity contribution < 1.29 is 28.5 Å². The third-order valence-corrected chi connectivity index (χ3v) is 6.52. The standard InChI is InChI=1S/C28H29NO6/c1-17-24(27(31)33-12-11-32-19-7-5-4-6-8-19)25(18-9-10-22-23(13-18)35-16-34-22)26-20(29-17)14-28(2,3)15-21(26)30/h4-10,13,25,29H,11-12,14-16H2,1-3H3. The van der Waals surface area contributed by atoms with Gasteiger partial charge in [-0.25, -0.2) is 4.79 Å². The van der Waals surface area contributed by atoms with E-state index in [0.29, 0.717) is 40.5 Å². The third kappa shape index (κ3) is 4.63. The molecule has 1 unspecified atom stereocenters. The smallest absolute Gasteiger partial charge is 0.336 e. The van der Waals surface area contributed by atoms with Gasteiger partial charge in [-0.2, -0.15) is 0 Å². The van der Waals surface area contributed by atoms with E-state index >= 15 is 0 Å². The fraction of sp³-hybridized carbons (Fsp3) is 0.357. The molecule has 1 N–H and O–H groups in total. The summed E-state index contributed by atoms with van der Waals surface area (Å²) in [6.45, 7) is 6.49. The largest absolute Gasteiger partial charge is 0.490 e. The van der Waals surface area contributed by atoms with Gasteiger partial charge in [-0.1, -0.05) is 38.1 Å². The van der Waals surface area contributed by atoms with Gasteiger partial charge in [0.1, 0.15) is 19.0 Å². The molecule has 0 spiro atoms. The lowest BCUT2D eigenvalue weighted by molar-refractivity contribution is -0.140. The summed E-state index contributed by atoms with van der Waals surface area (Å²) < 4.78 is 22.3. The molecule has 0 aromatic heterocycles. The first kappa shape index (κ1) is 23.0. The second-order valence-corrected chi connectivity index (χ2v) is 9.84. The molecule has 5 rings (SSSR count). The molecule has 1 atom stereocenters. The molecule has 1 aliphatic carbocycles. The van der Waals surface area contributed by atoms with Crippen LogP contribution in [0.3, 0.4) is 0 Å². The van der Waals surface area contributed by atoms with Gasteiger partial charge in [-0.15, -0.1) is 0 Å². The molecule has 7 heteroatoms. The van der Waals surface area contributed by atoms with Crippen LogP contribution < -0.4 is 19.5 Å². The SMILES string of the molecule is CC1=C(C(=O)OCCOc2ccccc2)C(c2ccc3c(c2)OCO3)C2=C(CC(C)(C)CC2=O)N1. The summed E-state index contributed by atoms with van der Waals surface area (Å²) in [5.41, 5.74) is 3.25. The molecule has 0 saturated carbocycles. The Kier molecular flexibility index (Phi) is 6.01. The van der Waals surface area contributed by atoms with Crippen LogP contribution in [-0.2, 0) is 14.3 Å². The first-order valence-corrected chi connectivity index (χ1v) is 11.8. The first-order valence-electron chi connectivity index (χ1n) is 11.8. The molecule has 0 amide bonds. The number of rotatable bonds is 6. The van der Waals surface area contributed by atoms with Gasteiger partial charge >= 0.3 is 5.97 Å². The van der Waals surface area contributed by atoms with E-state index in [4.69, 9.17) is 18.9 Å². The zero-order valence-electron chi connectivity index (χ0n) is 20.2. The zero-order valence-corrected chi connectivity index (χ0v) is 20.2. The van der Waals surface area contributed by atoms with Crippen LogP contribution in [0.2, 0.25) is 0 Å². The maximum Gasteiger partial charge on any atom is 0.336 e. The molecule has 2 aromatic rings. The zero-order chi connectivity index (χ0) is 24.6. The van der Waals surface area contributed by atoms with Crippen LogP contribution in [0.4, 0.5) is 0 Å². The van der Waals surface area contributed by atoms with Crippen molar-refractivity contribution in [3.05, 3.63) is 76.6 Å². The van der Waals surface area contributed by atoms with Gasteiger partial charge in [0.25, 0.3) is 0 Å². The average molecular weight is 476 g/mol. The number of carbonyl (C=O) groups excluding carboxylic acids is 2. The number of benzene rings is 2. The van der Waals surface area contributed by atoms with E-state index in [2.05, 4.69) is 19.2 Å². The number of dihydropyridines is 1. The molecule has 0 bridgehead atoms. The van der Waals surface area contributed by atoms with Gasteiger partial charge < -0.3 is 24.3 Å². The Balaban J connectivity index is 1.43. The van der Waals surface area contributed by atoms with Crippen molar-refractivity contribution >= 4 is 11.8 Å². The van der Waals surface area contributed by atoms with Crippen molar-refractivity contribution in [3.63, 3.8) is 0 Å². The van der Waals surface area contributed by atoms with Gasteiger partial charge in [0.2, 0.25) is 6.79 Å². The van der Waals surface area contributed by atoms with Crippen LogP contribution in [-0.4, -0.2) is 31.8 Å². The van der Waals surface area contributed by atoms with Crippen molar-refractivity contribution in [1.29, 1.82) is 0 Å². The number of ether oxygens (including phenoxy) is 4. The average Bonchev–Trinajstić information content (AvgIpc) is 3.28. The van der Waals surface area contributed by atoms with Crippen molar-refractivity contribution in [2.24, 2.45) is 5.41 Å². The molecule has 0 fully saturated rings. The predicted molar refractivity (Wildman–Crippen MR) is 129 cm³/mol. The van der Waals surface area contributed by atoms with Crippen molar-refractivity contribution in [2.45, 2.75) is 39.5 Å². The number of allylic oxidation sites excluding steroid dienone is 3. The molecule has 182 valence electrons. The van der Waals surface area contributed by atoms with Crippen LogP contribution in [0.1, 0.15) is 45.1 Å². The minimum atomic E-state index is -0.549. The predicted octanol–water partition coefficient (Wildman–Crippen LogP) is 4.64. The van der Waals surface area contributed by atoms with E-state index in [-0.39, 0.29) is 31.2 Å². The molecular formula is C28H29NO6. The van der Waals surface area contributed by atoms with Crippen LogP contribution in [0, 0.1) is 5.41 Å². The Morgan fingerprint density at radius 1 is 1.06 bits per heavy atom. The van der Waals surface area contributed by atoms with Gasteiger partial charge in [0, 0.05) is 29.3 Å². The number of nitrogens with one attached hydrogen (secondary N) is 1. The number of para-hydroxylation sites is 1. The van der Waals surface area contributed by atoms with Gasteiger partial charge in [-0.3, -0.25) is 4.79 Å². The minimum Gasteiger partial charge on any atom is -0.490 e. The summed E-state index contributed by atoms with van der Waals surface area (Å²) in [5, 5.41) is 3.35.